The predicted octanol–water partition coefficient (Wildman–Crippen LogP) is 2.43. The van der Waals surface area contributed by atoms with Crippen molar-refractivity contribution in [1.29, 1.82) is 0 Å². The number of amides is 1. The monoisotopic (exact) mass is 430 g/mol. The van der Waals surface area contributed by atoms with E-state index in [1.54, 1.807) is 11.8 Å². The summed E-state index contributed by atoms with van der Waals surface area (Å²) in [5.41, 5.74) is 1.29. The summed E-state index contributed by atoms with van der Waals surface area (Å²) in [5, 5.41) is 0. The number of benzene rings is 1. The number of carbonyl (C=O) groups excluding carboxylic acids is 1. The molecule has 0 radical (unpaired) electrons. The molecule has 2 saturated heterocycles. The zero-order valence-electron chi connectivity index (χ0n) is 15.5. The summed E-state index contributed by atoms with van der Waals surface area (Å²) in [6.07, 6.45) is 1.27. The summed E-state index contributed by atoms with van der Waals surface area (Å²) >= 11 is 3.95. The highest BCUT2D eigenvalue weighted by Gasteiger charge is 2.27. The van der Waals surface area contributed by atoms with Crippen molar-refractivity contribution in [2.24, 2.45) is 0 Å². The largest absolute Gasteiger partial charge is 0.484 e. The number of hydrogen-bond donors (Lipinski definition) is 0. The standard InChI is InChI=1S/C18H26N2O4S3/c1-2-27(22,23)20-10-8-19(9-11-20)17(21)14-24-16-6-4-15(5-7-16)18-25-12-3-13-26-18/h4-7,18H,2-3,8-14H2,1H3. The van der Waals surface area contributed by atoms with E-state index >= 15 is 0 Å². The van der Waals surface area contributed by atoms with Crippen molar-refractivity contribution in [3.8, 4) is 5.75 Å². The highest BCUT2D eigenvalue weighted by molar-refractivity contribution is 8.16. The molecule has 0 aliphatic carbocycles. The fourth-order valence-electron chi connectivity index (χ4n) is 3.04. The van der Waals surface area contributed by atoms with Crippen molar-refractivity contribution in [2.45, 2.75) is 17.9 Å². The third-order valence-corrected chi connectivity index (χ3v) is 9.59. The van der Waals surface area contributed by atoms with Crippen molar-refractivity contribution in [3.63, 3.8) is 0 Å². The Morgan fingerprint density at radius 2 is 1.74 bits per heavy atom. The molecule has 27 heavy (non-hydrogen) atoms. The van der Waals surface area contributed by atoms with Gasteiger partial charge in [0.25, 0.3) is 5.91 Å². The van der Waals surface area contributed by atoms with Crippen molar-refractivity contribution >= 4 is 39.5 Å². The second-order valence-corrected chi connectivity index (χ2v) is 11.4. The molecule has 0 saturated carbocycles. The molecule has 0 N–H and O–H groups in total. The zero-order chi connectivity index (χ0) is 19.3. The van der Waals surface area contributed by atoms with Gasteiger partial charge < -0.3 is 9.64 Å². The number of nitrogens with zero attached hydrogens (tertiary/aromatic N) is 2. The lowest BCUT2D eigenvalue weighted by Gasteiger charge is -2.33. The second kappa shape index (κ2) is 9.54. The smallest absolute Gasteiger partial charge is 0.260 e. The van der Waals surface area contributed by atoms with E-state index in [1.165, 1.54) is 27.8 Å². The summed E-state index contributed by atoms with van der Waals surface area (Å²) < 4.78 is 31.3. The van der Waals surface area contributed by atoms with Crippen LogP contribution in [0.1, 0.15) is 23.5 Å². The maximum absolute atomic E-state index is 12.3. The molecule has 2 fully saturated rings. The van der Waals surface area contributed by atoms with Crippen LogP contribution in [-0.4, -0.2) is 73.6 Å². The van der Waals surface area contributed by atoms with Crippen LogP contribution in [0.2, 0.25) is 0 Å². The van der Waals surface area contributed by atoms with E-state index in [-0.39, 0.29) is 18.3 Å². The van der Waals surface area contributed by atoms with Gasteiger partial charge in [-0.15, -0.1) is 23.5 Å². The summed E-state index contributed by atoms with van der Waals surface area (Å²) in [6, 6.07) is 7.99. The molecule has 0 atom stereocenters. The SMILES string of the molecule is CCS(=O)(=O)N1CCN(C(=O)COc2ccc(C3SCCCS3)cc2)CC1. The Hall–Kier alpha value is -0.900. The van der Waals surface area contributed by atoms with Gasteiger partial charge in [0.1, 0.15) is 5.75 Å². The Bertz CT molecular complexity index is 725. The van der Waals surface area contributed by atoms with Crippen LogP contribution in [0.5, 0.6) is 5.75 Å². The molecule has 0 unspecified atom stereocenters. The Balaban J connectivity index is 1.45. The van der Waals surface area contributed by atoms with Gasteiger partial charge in [-0.3, -0.25) is 4.79 Å². The van der Waals surface area contributed by atoms with Crippen molar-refractivity contribution in [1.82, 2.24) is 9.21 Å². The van der Waals surface area contributed by atoms with Gasteiger partial charge in [-0.05, 0) is 42.5 Å². The van der Waals surface area contributed by atoms with Crippen LogP contribution >= 0.6 is 23.5 Å². The van der Waals surface area contributed by atoms with Crippen LogP contribution < -0.4 is 4.74 Å². The van der Waals surface area contributed by atoms with E-state index in [0.29, 0.717) is 36.5 Å². The Kier molecular flexibility index (Phi) is 7.35. The fraction of sp³-hybridized carbons (Fsp3) is 0.611. The Labute approximate surface area is 170 Å². The van der Waals surface area contributed by atoms with Crippen LogP contribution in [0.3, 0.4) is 0 Å². The first-order chi connectivity index (χ1) is 13.0. The topological polar surface area (TPSA) is 66.9 Å². The Morgan fingerprint density at radius 3 is 2.33 bits per heavy atom. The molecule has 6 nitrogen and oxygen atoms in total. The van der Waals surface area contributed by atoms with Gasteiger partial charge in [0.05, 0.1) is 10.3 Å². The maximum atomic E-state index is 12.3. The van der Waals surface area contributed by atoms with Crippen LogP contribution in [0.4, 0.5) is 0 Å². The van der Waals surface area contributed by atoms with E-state index in [1.807, 2.05) is 35.7 Å². The summed E-state index contributed by atoms with van der Waals surface area (Å²) in [7, 11) is -3.18. The molecular formula is C18H26N2O4S3. The van der Waals surface area contributed by atoms with Gasteiger partial charge in [-0.1, -0.05) is 12.1 Å². The molecule has 0 bridgehead atoms. The molecule has 1 aromatic carbocycles. The second-order valence-electron chi connectivity index (χ2n) is 6.47. The lowest BCUT2D eigenvalue weighted by molar-refractivity contribution is -0.134. The molecule has 150 valence electrons. The third-order valence-electron chi connectivity index (χ3n) is 4.69. The highest BCUT2D eigenvalue weighted by Crippen LogP contribution is 2.43. The van der Waals surface area contributed by atoms with Crippen LogP contribution in [-0.2, 0) is 14.8 Å². The number of rotatable bonds is 6. The fourth-order valence-corrected chi connectivity index (χ4v) is 7.02. The number of piperazine rings is 1. The van der Waals surface area contributed by atoms with Gasteiger partial charge in [-0.2, -0.15) is 4.31 Å². The van der Waals surface area contributed by atoms with E-state index in [0.717, 1.165) is 0 Å². The lowest BCUT2D eigenvalue weighted by Crippen LogP contribution is -2.51. The highest BCUT2D eigenvalue weighted by atomic mass is 32.2. The average Bonchev–Trinajstić information content (AvgIpc) is 2.73. The van der Waals surface area contributed by atoms with E-state index in [4.69, 9.17) is 4.74 Å². The number of hydrogen-bond acceptors (Lipinski definition) is 6. The van der Waals surface area contributed by atoms with Gasteiger partial charge in [0, 0.05) is 26.2 Å². The van der Waals surface area contributed by atoms with Gasteiger partial charge in [0.15, 0.2) is 6.61 Å². The van der Waals surface area contributed by atoms with E-state index in [9.17, 15) is 13.2 Å². The minimum absolute atomic E-state index is 0.0210. The molecule has 9 heteroatoms. The van der Waals surface area contributed by atoms with Gasteiger partial charge >= 0.3 is 0 Å². The quantitative estimate of drug-likeness (QED) is 0.691. The zero-order valence-corrected chi connectivity index (χ0v) is 18.0. The predicted molar refractivity (Wildman–Crippen MR) is 112 cm³/mol. The molecule has 1 amide bonds. The maximum Gasteiger partial charge on any atom is 0.260 e. The van der Waals surface area contributed by atoms with Gasteiger partial charge in [0.2, 0.25) is 10.0 Å². The molecule has 1 aromatic rings. The van der Waals surface area contributed by atoms with Gasteiger partial charge in [-0.25, -0.2) is 8.42 Å². The molecular weight excluding hydrogens is 404 g/mol. The third kappa shape index (κ3) is 5.56. The molecule has 0 aromatic heterocycles. The van der Waals surface area contributed by atoms with Crippen molar-refractivity contribution < 1.29 is 17.9 Å². The molecule has 2 aliphatic rings. The number of thioether (sulfide) groups is 2. The van der Waals surface area contributed by atoms with E-state index in [2.05, 4.69) is 12.1 Å². The summed E-state index contributed by atoms with van der Waals surface area (Å²) in [5.74, 6) is 3.09. The van der Waals surface area contributed by atoms with Crippen LogP contribution in [0.25, 0.3) is 0 Å². The Morgan fingerprint density at radius 1 is 1.11 bits per heavy atom. The minimum Gasteiger partial charge on any atom is -0.484 e. The summed E-state index contributed by atoms with van der Waals surface area (Å²) in [6.45, 7) is 3.15. The molecule has 2 aliphatic heterocycles. The van der Waals surface area contributed by atoms with E-state index < -0.39 is 10.0 Å². The first kappa shape index (κ1) is 20.8. The van der Waals surface area contributed by atoms with Crippen LogP contribution in [0.15, 0.2) is 24.3 Å². The number of sulfonamides is 1. The average molecular weight is 431 g/mol. The molecule has 3 rings (SSSR count). The number of carbonyl (C=O) groups is 1. The summed E-state index contributed by atoms with van der Waals surface area (Å²) in [4.78, 5) is 14.0. The van der Waals surface area contributed by atoms with Crippen molar-refractivity contribution in [3.05, 3.63) is 29.8 Å². The molecule has 0 spiro atoms. The van der Waals surface area contributed by atoms with Crippen LogP contribution in [0, 0.1) is 0 Å². The lowest BCUT2D eigenvalue weighted by atomic mass is 10.2. The van der Waals surface area contributed by atoms with Crippen molar-refractivity contribution in [2.75, 3.05) is 50.0 Å². The first-order valence-corrected chi connectivity index (χ1v) is 12.9. The normalized spacial score (nSPS) is 19.8. The minimum atomic E-state index is -3.18. The number of ether oxygens (including phenoxy) is 1. The molecule has 2 heterocycles. The first-order valence-electron chi connectivity index (χ1n) is 9.21.